The van der Waals surface area contributed by atoms with Crippen molar-refractivity contribution < 1.29 is 28.3 Å². The van der Waals surface area contributed by atoms with Crippen LogP contribution in [0.3, 0.4) is 0 Å². The second kappa shape index (κ2) is 8.18. The first-order chi connectivity index (χ1) is 11.9. The first kappa shape index (κ1) is 18.3. The lowest BCUT2D eigenvalue weighted by atomic mass is 10.2. The number of carbonyl (C=O) groups excluding carboxylic acids is 2. The van der Waals surface area contributed by atoms with Crippen LogP contribution in [-0.2, 0) is 9.53 Å². The second-order valence-electron chi connectivity index (χ2n) is 5.16. The quantitative estimate of drug-likeness (QED) is 0.768. The molecule has 0 saturated heterocycles. The number of hydrogen-bond donors (Lipinski definition) is 1. The maximum absolute atomic E-state index is 12.2. The maximum atomic E-state index is 12.2. The Morgan fingerprint density at radius 1 is 1.28 bits per heavy atom. The van der Waals surface area contributed by atoms with Crippen LogP contribution in [0.5, 0.6) is 11.5 Å². The van der Waals surface area contributed by atoms with E-state index in [-0.39, 0.29) is 11.4 Å². The zero-order valence-corrected chi connectivity index (χ0v) is 14.5. The van der Waals surface area contributed by atoms with Crippen molar-refractivity contribution >= 4 is 17.7 Å². The predicted octanol–water partition coefficient (Wildman–Crippen LogP) is 2.57. The van der Waals surface area contributed by atoms with Gasteiger partial charge in [0.25, 0.3) is 5.91 Å². The van der Waals surface area contributed by atoms with Crippen molar-refractivity contribution in [2.75, 3.05) is 19.0 Å². The maximum Gasteiger partial charge on any atom is 0.339 e. The minimum absolute atomic E-state index is 0.247. The third kappa shape index (κ3) is 4.72. The summed E-state index contributed by atoms with van der Waals surface area (Å²) in [4.78, 5) is 24.3. The summed E-state index contributed by atoms with van der Waals surface area (Å²) in [5.41, 5.74) is 0.247. The molecule has 0 aliphatic carbocycles. The summed E-state index contributed by atoms with van der Waals surface area (Å²) in [5.74, 6) is 0.578. The van der Waals surface area contributed by atoms with Gasteiger partial charge in [0.15, 0.2) is 23.4 Å². The number of rotatable bonds is 7. The molecule has 8 nitrogen and oxygen atoms in total. The molecule has 1 aromatic carbocycles. The molecule has 1 aromatic heterocycles. The topological polar surface area (TPSA) is 99.9 Å². The molecular weight excluding hydrogens is 328 g/mol. The highest BCUT2D eigenvalue weighted by Crippen LogP contribution is 2.28. The van der Waals surface area contributed by atoms with E-state index in [1.54, 1.807) is 25.1 Å². The Labute approximate surface area is 145 Å². The van der Waals surface area contributed by atoms with Gasteiger partial charge in [-0.2, -0.15) is 0 Å². The number of aromatic nitrogens is 1. The highest BCUT2D eigenvalue weighted by atomic mass is 16.5. The molecular formula is C17H20N2O6. The number of anilines is 1. The smallest absolute Gasteiger partial charge is 0.339 e. The number of nitrogens with zero attached hydrogens (tertiary/aromatic N) is 1. The highest BCUT2D eigenvalue weighted by Gasteiger charge is 2.21. The van der Waals surface area contributed by atoms with Crippen LogP contribution in [0, 0.1) is 6.92 Å². The number of methoxy groups -OCH3 is 1. The summed E-state index contributed by atoms with van der Waals surface area (Å²) in [6.45, 7) is 5.48. The van der Waals surface area contributed by atoms with Gasteiger partial charge in [0.2, 0.25) is 0 Å². The Balaban J connectivity index is 2.01. The fourth-order valence-corrected chi connectivity index (χ4v) is 2.00. The fourth-order valence-electron chi connectivity index (χ4n) is 2.00. The molecule has 0 bridgehead atoms. The molecule has 0 radical (unpaired) electrons. The van der Waals surface area contributed by atoms with Crippen molar-refractivity contribution in [2.45, 2.75) is 26.9 Å². The average molecular weight is 348 g/mol. The van der Waals surface area contributed by atoms with Crippen molar-refractivity contribution in [1.82, 2.24) is 5.16 Å². The van der Waals surface area contributed by atoms with Gasteiger partial charge in [0.05, 0.1) is 19.3 Å². The molecule has 0 aliphatic heterocycles. The lowest BCUT2D eigenvalue weighted by molar-refractivity contribution is -0.123. The number of ether oxygens (including phenoxy) is 3. The molecule has 2 rings (SSSR count). The van der Waals surface area contributed by atoms with Gasteiger partial charge in [-0.15, -0.1) is 0 Å². The third-order valence-corrected chi connectivity index (χ3v) is 3.23. The van der Waals surface area contributed by atoms with Crippen LogP contribution in [0.1, 0.15) is 30.0 Å². The van der Waals surface area contributed by atoms with E-state index in [4.69, 9.17) is 18.7 Å². The monoisotopic (exact) mass is 348 g/mol. The van der Waals surface area contributed by atoms with Crippen LogP contribution in [-0.4, -0.2) is 36.9 Å². The second-order valence-corrected chi connectivity index (χ2v) is 5.16. The van der Waals surface area contributed by atoms with Gasteiger partial charge < -0.3 is 24.1 Å². The summed E-state index contributed by atoms with van der Waals surface area (Å²) in [6.07, 6.45) is -1.01. The Morgan fingerprint density at radius 2 is 2.04 bits per heavy atom. The number of carbonyl (C=O) groups is 2. The van der Waals surface area contributed by atoms with Crippen molar-refractivity contribution in [3.05, 3.63) is 35.6 Å². The summed E-state index contributed by atoms with van der Waals surface area (Å²) < 4.78 is 20.6. The zero-order chi connectivity index (χ0) is 18.4. The van der Waals surface area contributed by atoms with Gasteiger partial charge in [0.1, 0.15) is 5.76 Å². The minimum Gasteiger partial charge on any atom is -0.493 e. The molecule has 1 amide bonds. The molecule has 0 spiro atoms. The Bertz CT molecular complexity index is 755. The Hall–Kier alpha value is -3.03. The molecule has 0 aliphatic rings. The molecule has 25 heavy (non-hydrogen) atoms. The molecule has 2 aromatic rings. The van der Waals surface area contributed by atoms with Crippen LogP contribution < -0.4 is 14.8 Å². The predicted molar refractivity (Wildman–Crippen MR) is 88.9 cm³/mol. The zero-order valence-electron chi connectivity index (χ0n) is 14.5. The van der Waals surface area contributed by atoms with Crippen LogP contribution >= 0.6 is 0 Å². The van der Waals surface area contributed by atoms with Gasteiger partial charge in [-0.3, -0.25) is 4.79 Å². The van der Waals surface area contributed by atoms with Crippen molar-refractivity contribution in [3.63, 3.8) is 0 Å². The molecule has 0 unspecified atom stereocenters. The number of amides is 1. The Kier molecular flexibility index (Phi) is 5.99. The fraction of sp³-hybridized carbons (Fsp3) is 0.353. The van der Waals surface area contributed by atoms with Crippen LogP contribution in [0.25, 0.3) is 0 Å². The van der Waals surface area contributed by atoms with E-state index in [1.807, 2.05) is 6.92 Å². The molecule has 1 atom stereocenters. The first-order valence-electron chi connectivity index (χ1n) is 7.70. The Morgan fingerprint density at radius 3 is 2.64 bits per heavy atom. The normalized spacial score (nSPS) is 11.5. The van der Waals surface area contributed by atoms with Crippen LogP contribution in [0.15, 0.2) is 28.8 Å². The molecule has 1 heterocycles. The lowest BCUT2D eigenvalue weighted by Gasteiger charge is -2.14. The standard InChI is InChI=1S/C17H20N2O6/c1-5-23-13-7-6-12(9-14(13)22-4)17(21)24-11(3)16(20)18-15-8-10(2)25-19-15/h6-9,11H,5H2,1-4H3,(H,18,19,20)/t11-/m0/s1. The summed E-state index contributed by atoms with van der Waals surface area (Å²) in [6, 6.07) is 6.21. The van der Waals surface area contributed by atoms with E-state index in [9.17, 15) is 9.59 Å². The SMILES string of the molecule is CCOc1ccc(C(=O)O[C@@H](C)C(=O)Nc2cc(C)on2)cc1OC. The van der Waals surface area contributed by atoms with Gasteiger partial charge >= 0.3 is 5.97 Å². The average Bonchev–Trinajstić information content (AvgIpc) is 3.00. The summed E-state index contributed by atoms with van der Waals surface area (Å²) >= 11 is 0. The van der Waals surface area contributed by atoms with E-state index in [0.29, 0.717) is 23.9 Å². The number of nitrogens with one attached hydrogen (secondary N) is 1. The van der Waals surface area contributed by atoms with E-state index in [1.165, 1.54) is 20.1 Å². The van der Waals surface area contributed by atoms with Crippen LogP contribution in [0.4, 0.5) is 5.82 Å². The molecule has 8 heteroatoms. The first-order valence-corrected chi connectivity index (χ1v) is 7.70. The van der Waals surface area contributed by atoms with E-state index < -0.39 is 18.0 Å². The molecule has 0 saturated carbocycles. The molecule has 1 N–H and O–H groups in total. The number of benzene rings is 1. The third-order valence-electron chi connectivity index (χ3n) is 3.23. The van der Waals surface area contributed by atoms with E-state index in [2.05, 4.69) is 10.5 Å². The van der Waals surface area contributed by atoms with Gasteiger partial charge in [-0.25, -0.2) is 4.79 Å². The van der Waals surface area contributed by atoms with Gasteiger partial charge in [0, 0.05) is 6.07 Å². The van der Waals surface area contributed by atoms with E-state index in [0.717, 1.165) is 0 Å². The highest BCUT2D eigenvalue weighted by molar-refractivity contribution is 5.97. The summed E-state index contributed by atoms with van der Waals surface area (Å²) in [7, 11) is 1.48. The van der Waals surface area contributed by atoms with Gasteiger partial charge in [-0.1, -0.05) is 5.16 Å². The largest absolute Gasteiger partial charge is 0.493 e. The van der Waals surface area contributed by atoms with Crippen molar-refractivity contribution in [2.24, 2.45) is 0 Å². The van der Waals surface area contributed by atoms with Gasteiger partial charge in [-0.05, 0) is 39.0 Å². The van der Waals surface area contributed by atoms with E-state index >= 15 is 0 Å². The number of esters is 1. The summed E-state index contributed by atoms with van der Waals surface area (Å²) in [5, 5.41) is 6.15. The lowest BCUT2D eigenvalue weighted by Crippen LogP contribution is -2.30. The molecule has 0 fully saturated rings. The number of aryl methyl sites for hydroxylation is 1. The van der Waals surface area contributed by atoms with Crippen molar-refractivity contribution in [3.8, 4) is 11.5 Å². The molecule has 134 valence electrons. The number of hydrogen-bond acceptors (Lipinski definition) is 7. The van der Waals surface area contributed by atoms with Crippen LogP contribution in [0.2, 0.25) is 0 Å². The minimum atomic E-state index is -1.01. The van der Waals surface area contributed by atoms with Crippen molar-refractivity contribution in [1.29, 1.82) is 0 Å².